The third-order valence-corrected chi connectivity index (χ3v) is 7.13. The van der Waals surface area contributed by atoms with Crippen LogP contribution in [-0.4, -0.2) is 74.7 Å². The maximum Gasteiger partial charge on any atom is 0.338 e. The van der Waals surface area contributed by atoms with Crippen LogP contribution in [0.3, 0.4) is 0 Å². The van der Waals surface area contributed by atoms with Crippen molar-refractivity contribution in [1.82, 2.24) is 19.8 Å². The Kier molecular flexibility index (Phi) is 7.11. The van der Waals surface area contributed by atoms with Gasteiger partial charge >= 0.3 is 12.0 Å². The Balaban J connectivity index is 1.85. The molecule has 0 saturated carbocycles. The number of esters is 1. The first-order valence-electron chi connectivity index (χ1n) is 10.1. The minimum absolute atomic E-state index is 0.0750. The van der Waals surface area contributed by atoms with Crippen LogP contribution >= 0.6 is 0 Å². The lowest BCUT2D eigenvalue weighted by atomic mass is 9.95. The van der Waals surface area contributed by atoms with Crippen LogP contribution in [0.25, 0.3) is 0 Å². The zero-order valence-corrected chi connectivity index (χ0v) is 18.1. The van der Waals surface area contributed by atoms with Crippen LogP contribution in [0.2, 0.25) is 0 Å². The van der Waals surface area contributed by atoms with Crippen LogP contribution in [0.15, 0.2) is 41.6 Å². The predicted molar refractivity (Wildman–Crippen MR) is 112 cm³/mol. The number of amides is 2. The maximum absolute atomic E-state index is 12.8. The molecule has 9 nitrogen and oxygen atoms in total. The second-order valence-corrected chi connectivity index (χ2v) is 9.39. The molecule has 2 aliphatic heterocycles. The van der Waals surface area contributed by atoms with Crippen molar-refractivity contribution in [2.24, 2.45) is 0 Å². The highest BCUT2D eigenvalue weighted by molar-refractivity contribution is 7.89. The normalized spacial score (nSPS) is 21.1. The van der Waals surface area contributed by atoms with Crippen LogP contribution in [0.5, 0.6) is 0 Å². The van der Waals surface area contributed by atoms with Crippen molar-refractivity contribution < 1.29 is 22.7 Å². The van der Waals surface area contributed by atoms with Crippen molar-refractivity contribution >= 4 is 22.0 Å². The summed E-state index contributed by atoms with van der Waals surface area (Å²) in [4.78, 5) is 27.1. The number of carbonyl (C=O) groups excluding carboxylic acids is 2. The number of carbonyl (C=O) groups is 2. The zero-order chi connectivity index (χ0) is 21.7. The van der Waals surface area contributed by atoms with E-state index >= 15 is 0 Å². The second kappa shape index (κ2) is 9.59. The summed E-state index contributed by atoms with van der Waals surface area (Å²) in [5.41, 5.74) is 1.64. The summed E-state index contributed by atoms with van der Waals surface area (Å²) in [5, 5.41) is 5.57. The molecular formula is C20H28N4O5S. The summed E-state index contributed by atoms with van der Waals surface area (Å²) in [7, 11) is -3.22. The van der Waals surface area contributed by atoms with Crippen molar-refractivity contribution in [3.63, 3.8) is 0 Å². The Labute approximate surface area is 177 Å². The van der Waals surface area contributed by atoms with Gasteiger partial charge in [-0.25, -0.2) is 18.0 Å². The SMILES string of the molecule is CCOC(=O)C1=C(CN2CCN(S(=O)(=O)CC)CC2)NC(=O)NC1c1ccccc1. The van der Waals surface area contributed by atoms with Gasteiger partial charge in [-0.3, -0.25) is 4.90 Å². The number of hydrogen-bond acceptors (Lipinski definition) is 6. The Hall–Kier alpha value is -2.43. The van der Waals surface area contributed by atoms with E-state index in [2.05, 4.69) is 10.6 Å². The van der Waals surface area contributed by atoms with Crippen LogP contribution in [0.4, 0.5) is 4.79 Å². The number of nitrogens with zero attached hydrogens (tertiary/aromatic N) is 2. The number of rotatable bonds is 7. The highest BCUT2D eigenvalue weighted by atomic mass is 32.2. The third kappa shape index (κ3) is 5.00. The quantitative estimate of drug-likeness (QED) is 0.613. The molecule has 1 atom stereocenters. The Morgan fingerprint density at radius 2 is 1.80 bits per heavy atom. The zero-order valence-electron chi connectivity index (χ0n) is 17.3. The summed E-state index contributed by atoms with van der Waals surface area (Å²) in [6.07, 6.45) is 0. The summed E-state index contributed by atoms with van der Waals surface area (Å²) in [5.74, 6) is -0.410. The number of benzene rings is 1. The largest absolute Gasteiger partial charge is 0.463 e. The van der Waals surface area contributed by atoms with E-state index in [1.807, 2.05) is 35.2 Å². The molecule has 1 aromatic carbocycles. The van der Waals surface area contributed by atoms with Crippen LogP contribution < -0.4 is 10.6 Å². The number of nitrogens with one attached hydrogen (secondary N) is 2. The molecule has 1 aromatic rings. The molecule has 3 rings (SSSR count). The Morgan fingerprint density at radius 3 is 2.40 bits per heavy atom. The molecule has 0 spiro atoms. The van der Waals surface area contributed by atoms with Crippen molar-refractivity contribution in [2.45, 2.75) is 19.9 Å². The molecule has 1 saturated heterocycles. The van der Waals surface area contributed by atoms with Crippen molar-refractivity contribution in [1.29, 1.82) is 0 Å². The fraction of sp³-hybridized carbons (Fsp3) is 0.500. The molecule has 10 heteroatoms. The third-order valence-electron chi connectivity index (χ3n) is 5.25. The van der Waals surface area contributed by atoms with E-state index in [9.17, 15) is 18.0 Å². The van der Waals surface area contributed by atoms with E-state index in [0.29, 0.717) is 44.0 Å². The van der Waals surface area contributed by atoms with Gasteiger partial charge in [-0.1, -0.05) is 30.3 Å². The Morgan fingerprint density at radius 1 is 1.13 bits per heavy atom. The molecule has 0 radical (unpaired) electrons. The van der Waals surface area contributed by atoms with Gasteiger partial charge in [-0.05, 0) is 19.4 Å². The summed E-state index contributed by atoms with van der Waals surface area (Å²) >= 11 is 0. The van der Waals surface area contributed by atoms with E-state index in [1.165, 1.54) is 4.31 Å². The number of sulfonamides is 1. The van der Waals surface area contributed by atoms with Gasteiger partial charge in [-0.2, -0.15) is 4.31 Å². The standard InChI is InChI=1S/C20H28N4O5S/c1-3-29-19(25)17-16(14-23-10-12-24(13-11-23)30(27,28)4-2)21-20(26)22-18(17)15-8-6-5-7-9-15/h5-9,18H,3-4,10-14H2,1-2H3,(H2,21,22,26). The lowest BCUT2D eigenvalue weighted by Gasteiger charge is -2.36. The van der Waals surface area contributed by atoms with E-state index in [-0.39, 0.29) is 18.4 Å². The molecule has 164 valence electrons. The summed E-state index contributed by atoms with van der Waals surface area (Å²) in [6, 6.07) is 8.25. The molecule has 2 heterocycles. The van der Waals surface area contributed by atoms with Crippen LogP contribution in [0.1, 0.15) is 25.5 Å². The number of piperazine rings is 1. The van der Waals surface area contributed by atoms with Gasteiger partial charge in [0.1, 0.15) is 0 Å². The molecular weight excluding hydrogens is 408 g/mol. The average Bonchev–Trinajstić information content (AvgIpc) is 2.74. The summed E-state index contributed by atoms with van der Waals surface area (Å²) in [6.45, 7) is 5.70. The molecule has 0 bridgehead atoms. The molecule has 2 aliphatic rings. The maximum atomic E-state index is 12.8. The van der Waals surface area contributed by atoms with Gasteiger partial charge in [0.05, 0.1) is 24.0 Å². The second-order valence-electron chi connectivity index (χ2n) is 7.13. The van der Waals surface area contributed by atoms with Crippen molar-refractivity contribution in [3.05, 3.63) is 47.2 Å². The Bertz CT molecular complexity index is 908. The minimum atomic E-state index is -3.22. The van der Waals surface area contributed by atoms with Gasteiger partial charge in [0.25, 0.3) is 0 Å². The van der Waals surface area contributed by atoms with E-state index < -0.39 is 22.0 Å². The summed E-state index contributed by atoms with van der Waals surface area (Å²) < 4.78 is 30.9. The van der Waals surface area contributed by atoms with Crippen molar-refractivity contribution in [2.75, 3.05) is 45.1 Å². The average molecular weight is 437 g/mol. The first-order valence-corrected chi connectivity index (χ1v) is 11.7. The molecule has 30 heavy (non-hydrogen) atoms. The smallest absolute Gasteiger partial charge is 0.338 e. The highest BCUT2D eigenvalue weighted by Gasteiger charge is 2.35. The minimum Gasteiger partial charge on any atom is -0.463 e. The van der Waals surface area contributed by atoms with Crippen LogP contribution in [0, 0.1) is 0 Å². The van der Waals surface area contributed by atoms with Gasteiger partial charge < -0.3 is 15.4 Å². The van der Waals surface area contributed by atoms with E-state index in [1.54, 1.807) is 13.8 Å². The van der Waals surface area contributed by atoms with E-state index in [4.69, 9.17) is 4.74 Å². The number of hydrogen-bond donors (Lipinski definition) is 2. The van der Waals surface area contributed by atoms with Gasteiger partial charge in [0.2, 0.25) is 10.0 Å². The molecule has 1 unspecified atom stereocenters. The van der Waals surface area contributed by atoms with Gasteiger partial charge in [0.15, 0.2) is 0 Å². The highest BCUT2D eigenvalue weighted by Crippen LogP contribution is 2.28. The van der Waals surface area contributed by atoms with Crippen molar-refractivity contribution in [3.8, 4) is 0 Å². The molecule has 0 aliphatic carbocycles. The molecule has 0 aromatic heterocycles. The van der Waals surface area contributed by atoms with Crippen LogP contribution in [-0.2, 0) is 19.6 Å². The lowest BCUT2D eigenvalue weighted by Crippen LogP contribution is -2.52. The molecule has 2 N–H and O–H groups in total. The topological polar surface area (TPSA) is 108 Å². The molecule has 1 fully saturated rings. The van der Waals surface area contributed by atoms with Gasteiger partial charge in [-0.15, -0.1) is 0 Å². The predicted octanol–water partition coefficient (Wildman–Crippen LogP) is 0.825. The molecule has 2 amide bonds. The fourth-order valence-corrected chi connectivity index (χ4v) is 4.74. The first kappa shape index (κ1) is 22.3. The monoisotopic (exact) mass is 436 g/mol. The lowest BCUT2D eigenvalue weighted by molar-refractivity contribution is -0.139. The van der Waals surface area contributed by atoms with Gasteiger partial charge in [0, 0.05) is 38.4 Å². The van der Waals surface area contributed by atoms with E-state index in [0.717, 1.165) is 5.56 Å². The number of ether oxygens (including phenoxy) is 1. The number of urea groups is 1. The first-order chi connectivity index (χ1) is 14.4. The fourth-order valence-electron chi connectivity index (χ4n) is 3.66.